The molecule has 4 aromatic rings. The molecule has 0 aliphatic heterocycles. The summed E-state index contributed by atoms with van der Waals surface area (Å²) in [6.07, 6.45) is -0.500. The largest absolute Gasteiger partial charge is 0.445 e. The quantitative estimate of drug-likeness (QED) is 0.297. The summed E-state index contributed by atoms with van der Waals surface area (Å²) in [5.74, 6) is -1.41. The summed E-state index contributed by atoms with van der Waals surface area (Å²) in [4.78, 5) is 38.2. The van der Waals surface area contributed by atoms with E-state index in [1.807, 2.05) is 78.9 Å². The van der Waals surface area contributed by atoms with Gasteiger partial charge in [0, 0.05) is 6.42 Å². The minimum absolute atomic E-state index is 0.0805. The van der Waals surface area contributed by atoms with Gasteiger partial charge in [-0.1, -0.05) is 92.7 Å². The first-order valence-electron chi connectivity index (χ1n) is 12.3. The van der Waals surface area contributed by atoms with Gasteiger partial charge in [-0.3, -0.25) is 9.59 Å². The summed E-state index contributed by atoms with van der Waals surface area (Å²) in [6, 6.07) is 25.3. The highest BCUT2D eigenvalue weighted by Crippen LogP contribution is 2.29. The molecule has 4 aromatic carbocycles. The van der Waals surface area contributed by atoms with Crippen LogP contribution in [0.5, 0.6) is 0 Å². The average Bonchev–Trinajstić information content (AvgIpc) is 2.90. The zero-order valence-electron chi connectivity index (χ0n) is 20.9. The number of carbonyl (C=O) groups excluding carboxylic acids is 3. The Kier molecular flexibility index (Phi) is 8.03. The number of nitrogens with two attached hydrogens (primary N) is 1. The number of primary amides is 1. The fraction of sp³-hybridized carbons (Fsp3) is 0.233. The van der Waals surface area contributed by atoms with Crippen molar-refractivity contribution in [3.8, 4) is 0 Å². The van der Waals surface area contributed by atoms with E-state index < -0.39 is 30.0 Å². The molecule has 4 rings (SSSR count). The van der Waals surface area contributed by atoms with E-state index in [2.05, 4.69) is 16.7 Å². The summed E-state index contributed by atoms with van der Waals surface area (Å²) < 4.78 is 5.28. The molecule has 0 spiro atoms. The fourth-order valence-corrected chi connectivity index (χ4v) is 4.44. The zero-order chi connectivity index (χ0) is 26.4. The first-order valence-corrected chi connectivity index (χ1v) is 12.3. The number of nitrogens with one attached hydrogen (secondary N) is 2. The lowest BCUT2D eigenvalue weighted by Crippen LogP contribution is -2.55. The molecule has 0 bridgehead atoms. The van der Waals surface area contributed by atoms with Crippen molar-refractivity contribution in [2.45, 2.75) is 39.0 Å². The number of rotatable bonds is 9. The molecule has 0 aliphatic carbocycles. The monoisotopic (exact) mass is 497 g/mol. The molecule has 0 heterocycles. The maximum Gasteiger partial charge on any atom is 0.408 e. The highest BCUT2D eigenvalue weighted by Gasteiger charge is 2.29. The van der Waals surface area contributed by atoms with Crippen molar-refractivity contribution >= 4 is 39.5 Å². The molecule has 0 aliphatic rings. The predicted octanol–water partition coefficient (Wildman–Crippen LogP) is 4.46. The number of carbonyl (C=O) groups is 3. The van der Waals surface area contributed by atoms with Gasteiger partial charge in [0.2, 0.25) is 11.8 Å². The maximum atomic E-state index is 13.2. The van der Waals surface area contributed by atoms with Crippen LogP contribution in [-0.4, -0.2) is 30.0 Å². The SMILES string of the molecule is CC(C)[C@@H](NC(=O)OCc1ccccc1)C(=O)N[C@@H](Cc1c2ccccc2cc2ccccc12)C(N)=O. The van der Waals surface area contributed by atoms with Gasteiger partial charge in [-0.2, -0.15) is 0 Å². The van der Waals surface area contributed by atoms with Crippen molar-refractivity contribution in [2.75, 3.05) is 0 Å². The van der Waals surface area contributed by atoms with Crippen LogP contribution in [0, 0.1) is 5.92 Å². The van der Waals surface area contributed by atoms with E-state index in [0.717, 1.165) is 32.7 Å². The Morgan fingerprint density at radius 2 is 1.38 bits per heavy atom. The minimum atomic E-state index is -0.967. The lowest BCUT2D eigenvalue weighted by molar-refractivity contribution is -0.129. The molecule has 0 radical (unpaired) electrons. The van der Waals surface area contributed by atoms with Gasteiger partial charge in [-0.25, -0.2) is 4.79 Å². The molecule has 0 aromatic heterocycles. The van der Waals surface area contributed by atoms with Crippen molar-refractivity contribution in [2.24, 2.45) is 11.7 Å². The molecule has 0 fully saturated rings. The van der Waals surface area contributed by atoms with Gasteiger partial charge < -0.3 is 21.1 Å². The van der Waals surface area contributed by atoms with Gasteiger partial charge >= 0.3 is 6.09 Å². The van der Waals surface area contributed by atoms with Crippen molar-refractivity contribution in [3.63, 3.8) is 0 Å². The topological polar surface area (TPSA) is 111 Å². The number of fused-ring (bicyclic) bond motifs is 2. The van der Waals surface area contributed by atoms with E-state index in [1.165, 1.54) is 0 Å². The van der Waals surface area contributed by atoms with Crippen molar-refractivity contribution in [1.29, 1.82) is 0 Å². The Labute approximate surface area is 216 Å². The van der Waals surface area contributed by atoms with Crippen LogP contribution in [0.15, 0.2) is 84.9 Å². The summed E-state index contributed by atoms with van der Waals surface area (Å²) in [6.45, 7) is 3.69. The number of amides is 3. The maximum absolute atomic E-state index is 13.2. The molecule has 4 N–H and O–H groups in total. The molecular weight excluding hydrogens is 466 g/mol. The highest BCUT2D eigenvalue weighted by atomic mass is 16.5. The van der Waals surface area contributed by atoms with Crippen molar-refractivity contribution in [3.05, 3.63) is 96.1 Å². The molecule has 0 saturated heterocycles. The van der Waals surface area contributed by atoms with Crippen LogP contribution in [0.1, 0.15) is 25.0 Å². The van der Waals surface area contributed by atoms with Crippen LogP contribution in [0.2, 0.25) is 0 Å². The Morgan fingerprint density at radius 3 is 1.95 bits per heavy atom. The predicted molar refractivity (Wildman–Crippen MR) is 145 cm³/mol. The number of benzene rings is 4. The summed E-state index contributed by atoms with van der Waals surface area (Å²) in [5.41, 5.74) is 7.50. The molecule has 7 nitrogen and oxygen atoms in total. The first kappa shape index (κ1) is 25.7. The van der Waals surface area contributed by atoms with Gasteiger partial charge in [0.1, 0.15) is 18.7 Å². The Bertz CT molecular complexity index is 1360. The summed E-state index contributed by atoms with van der Waals surface area (Å²) >= 11 is 0. The second-order valence-corrected chi connectivity index (χ2v) is 9.39. The zero-order valence-corrected chi connectivity index (χ0v) is 20.9. The molecule has 0 unspecified atom stereocenters. The van der Waals surface area contributed by atoms with Gasteiger partial charge in [-0.15, -0.1) is 0 Å². The Hall–Kier alpha value is -4.39. The molecule has 37 heavy (non-hydrogen) atoms. The van der Waals surface area contributed by atoms with E-state index in [4.69, 9.17) is 10.5 Å². The van der Waals surface area contributed by atoms with Gasteiger partial charge in [-0.05, 0) is 44.7 Å². The summed E-state index contributed by atoms with van der Waals surface area (Å²) in [5, 5.41) is 9.45. The average molecular weight is 498 g/mol. The molecular formula is C30H31N3O4. The summed E-state index contributed by atoms with van der Waals surface area (Å²) in [7, 11) is 0. The third-order valence-corrected chi connectivity index (χ3v) is 6.39. The van der Waals surface area contributed by atoms with Gasteiger partial charge in [0.05, 0.1) is 0 Å². The molecule has 7 heteroatoms. The Morgan fingerprint density at radius 1 is 0.811 bits per heavy atom. The fourth-order valence-electron chi connectivity index (χ4n) is 4.44. The number of hydrogen-bond acceptors (Lipinski definition) is 4. The van der Waals surface area contributed by atoms with Gasteiger partial charge in [0.25, 0.3) is 0 Å². The van der Waals surface area contributed by atoms with E-state index in [9.17, 15) is 14.4 Å². The van der Waals surface area contributed by atoms with Crippen LogP contribution in [0.4, 0.5) is 4.79 Å². The van der Waals surface area contributed by atoms with Crippen LogP contribution in [-0.2, 0) is 27.4 Å². The molecule has 3 amide bonds. The third kappa shape index (κ3) is 6.25. The normalized spacial score (nSPS) is 12.7. The number of hydrogen-bond donors (Lipinski definition) is 3. The van der Waals surface area contributed by atoms with E-state index in [0.29, 0.717) is 0 Å². The van der Waals surface area contributed by atoms with E-state index in [-0.39, 0.29) is 18.9 Å². The van der Waals surface area contributed by atoms with E-state index in [1.54, 1.807) is 13.8 Å². The highest BCUT2D eigenvalue weighted by molar-refractivity contribution is 6.03. The molecule has 2 atom stereocenters. The smallest absolute Gasteiger partial charge is 0.408 e. The minimum Gasteiger partial charge on any atom is -0.445 e. The lowest BCUT2D eigenvalue weighted by atomic mass is 9.92. The number of ether oxygens (including phenoxy) is 1. The van der Waals surface area contributed by atoms with Crippen LogP contribution in [0.25, 0.3) is 21.5 Å². The van der Waals surface area contributed by atoms with E-state index >= 15 is 0 Å². The first-order chi connectivity index (χ1) is 17.8. The molecule has 190 valence electrons. The van der Waals surface area contributed by atoms with Crippen molar-refractivity contribution < 1.29 is 19.1 Å². The molecule has 0 saturated carbocycles. The second-order valence-electron chi connectivity index (χ2n) is 9.39. The lowest BCUT2D eigenvalue weighted by Gasteiger charge is -2.25. The third-order valence-electron chi connectivity index (χ3n) is 6.39. The Balaban J connectivity index is 1.52. The standard InChI is InChI=1S/C30H31N3O4/c1-19(2)27(33-30(36)37-18-20-10-4-3-5-11-20)29(35)32-26(28(31)34)17-25-23-14-8-6-12-21(23)16-22-13-7-9-15-24(22)25/h3-16,19,26-27H,17-18H2,1-2H3,(H2,31,34)(H,32,35)(H,33,36)/t26-,27+/m0/s1. The van der Waals surface area contributed by atoms with Crippen LogP contribution in [0.3, 0.4) is 0 Å². The number of alkyl carbamates (subject to hydrolysis) is 1. The van der Waals surface area contributed by atoms with Crippen molar-refractivity contribution in [1.82, 2.24) is 10.6 Å². The van der Waals surface area contributed by atoms with Crippen LogP contribution < -0.4 is 16.4 Å². The van der Waals surface area contributed by atoms with Gasteiger partial charge in [0.15, 0.2) is 0 Å². The second kappa shape index (κ2) is 11.6. The van der Waals surface area contributed by atoms with Crippen LogP contribution >= 0.6 is 0 Å².